The van der Waals surface area contributed by atoms with Gasteiger partial charge in [-0.05, 0) is 31.0 Å². The number of nitrogens with two attached hydrogens (primary N) is 1. The van der Waals surface area contributed by atoms with E-state index in [1.54, 1.807) is 0 Å². The number of hydrogen-bond acceptors (Lipinski definition) is 4. The van der Waals surface area contributed by atoms with Gasteiger partial charge in [-0.1, -0.05) is 24.4 Å². The molecule has 0 amide bonds. The number of nitrogen functional groups attached to an aromatic ring is 1. The molecule has 2 N–H and O–H groups in total. The van der Waals surface area contributed by atoms with Gasteiger partial charge < -0.3 is 10.3 Å². The second kappa shape index (κ2) is 4.99. The molecule has 4 nitrogen and oxygen atoms in total. The minimum atomic E-state index is -0.360. The Hall–Kier alpha value is -1.91. The van der Waals surface area contributed by atoms with E-state index >= 15 is 0 Å². The van der Waals surface area contributed by atoms with Crippen LogP contribution >= 0.6 is 0 Å². The molecule has 1 saturated carbocycles. The maximum Gasteiger partial charge on any atom is 0.260 e. The van der Waals surface area contributed by atoms with Gasteiger partial charge in [0.15, 0.2) is 5.82 Å². The van der Waals surface area contributed by atoms with Crippen molar-refractivity contribution in [2.75, 3.05) is 5.73 Å². The average molecular weight is 261 g/mol. The van der Waals surface area contributed by atoms with Crippen LogP contribution in [0.5, 0.6) is 0 Å². The summed E-state index contributed by atoms with van der Waals surface area (Å²) < 4.78 is 18.5. The van der Waals surface area contributed by atoms with Crippen LogP contribution in [0, 0.1) is 5.82 Å². The first kappa shape index (κ1) is 12.1. The van der Waals surface area contributed by atoms with Crippen molar-refractivity contribution in [1.29, 1.82) is 0 Å². The van der Waals surface area contributed by atoms with E-state index in [9.17, 15) is 4.39 Å². The van der Waals surface area contributed by atoms with Crippen LogP contribution in [0.1, 0.15) is 43.8 Å². The molecule has 1 fully saturated rings. The van der Waals surface area contributed by atoms with Gasteiger partial charge in [-0.25, -0.2) is 4.39 Å². The minimum Gasteiger partial charge on any atom is -0.398 e. The van der Waals surface area contributed by atoms with Gasteiger partial charge in [0.2, 0.25) is 0 Å². The largest absolute Gasteiger partial charge is 0.398 e. The summed E-state index contributed by atoms with van der Waals surface area (Å²) in [7, 11) is 0. The Balaban J connectivity index is 1.89. The molecule has 1 aromatic heterocycles. The molecule has 2 aromatic rings. The molecule has 19 heavy (non-hydrogen) atoms. The van der Waals surface area contributed by atoms with Gasteiger partial charge in [-0.3, -0.25) is 0 Å². The zero-order valence-electron chi connectivity index (χ0n) is 10.6. The summed E-state index contributed by atoms with van der Waals surface area (Å²) in [6, 6.07) is 4.15. The van der Waals surface area contributed by atoms with Crippen molar-refractivity contribution >= 4 is 5.69 Å². The fraction of sp³-hybridized carbons (Fsp3) is 0.429. The van der Waals surface area contributed by atoms with Gasteiger partial charge >= 0.3 is 0 Å². The molecule has 3 rings (SSSR count). The van der Waals surface area contributed by atoms with Crippen LogP contribution in [0.2, 0.25) is 0 Å². The van der Waals surface area contributed by atoms with Crippen molar-refractivity contribution in [3.8, 4) is 11.5 Å². The second-order valence-corrected chi connectivity index (χ2v) is 5.02. The van der Waals surface area contributed by atoms with Gasteiger partial charge in [0.05, 0.1) is 5.56 Å². The lowest BCUT2D eigenvalue weighted by Crippen LogP contribution is -2.06. The number of nitrogens with zero attached hydrogens (tertiary/aromatic N) is 2. The van der Waals surface area contributed by atoms with Gasteiger partial charge in [-0.15, -0.1) is 0 Å². The molecule has 0 bridgehead atoms. The predicted octanol–water partition coefficient (Wildman–Crippen LogP) is 3.51. The smallest absolute Gasteiger partial charge is 0.260 e. The Morgan fingerprint density at radius 1 is 1.21 bits per heavy atom. The van der Waals surface area contributed by atoms with E-state index in [0.717, 1.165) is 18.7 Å². The Morgan fingerprint density at radius 3 is 2.79 bits per heavy atom. The van der Waals surface area contributed by atoms with Crippen molar-refractivity contribution in [2.45, 2.75) is 38.0 Å². The maximum atomic E-state index is 13.2. The van der Waals surface area contributed by atoms with Gasteiger partial charge in [-0.2, -0.15) is 4.98 Å². The SMILES string of the molecule is Nc1ccc(F)cc1-c1nc(C2CCCCC2)no1. The van der Waals surface area contributed by atoms with E-state index in [-0.39, 0.29) is 5.82 Å². The lowest BCUT2D eigenvalue weighted by molar-refractivity contribution is 0.385. The molecule has 0 saturated heterocycles. The monoisotopic (exact) mass is 261 g/mol. The maximum absolute atomic E-state index is 13.2. The van der Waals surface area contributed by atoms with Crippen LogP contribution in [0.3, 0.4) is 0 Å². The summed E-state index contributed by atoms with van der Waals surface area (Å²) in [5.74, 6) is 1.03. The molecule has 5 heteroatoms. The van der Waals surface area contributed by atoms with E-state index in [1.807, 2.05) is 0 Å². The molecule has 0 atom stereocenters. The predicted molar refractivity (Wildman–Crippen MR) is 69.9 cm³/mol. The summed E-state index contributed by atoms with van der Waals surface area (Å²) in [5.41, 5.74) is 6.73. The average Bonchev–Trinajstić information content (AvgIpc) is 2.92. The van der Waals surface area contributed by atoms with Crippen LogP contribution < -0.4 is 5.73 Å². The fourth-order valence-electron chi connectivity index (χ4n) is 2.58. The van der Waals surface area contributed by atoms with Crippen LogP contribution in [0.15, 0.2) is 22.7 Å². The molecule has 1 aliphatic carbocycles. The Morgan fingerprint density at radius 2 is 2.00 bits per heavy atom. The molecule has 0 aliphatic heterocycles. The van der Waals surface area contributed by atoms with Crippen molar-refractivity contribution in [1.82, 2.24) is 10.1 Å². The number of anilines is 1. The second-order valence-electron chi connectivity index (χ2n) is 5.02. The molecule has 0 unspecified atom stereocenters. The van der Waals surface area contributed by atoms with Crippen molar-refractivity contribution in [2.24, 2.45) is 0 Å². The highest BCUT2D eigenvalue weighted by Gasteiger charge is 2.22. The first-order chi connectivity index (χ1) is 9.24. The van der Waals surface area contributed by atoms with E-state index in [2.05, 4.69) is 10.1 Å². The van der Waals surface area contributed by atoms with Gasteiger partial charge in [0, 0.05) is 11.6 Å². The quantitative estimate of drug-likeness (QED) is 0.840. The molecule has 100 valence electrons. The van der Waals surface area contributed by atoms with Crippen LogP contribution in [-0.2, 0) is 0 Å². The van der Waals surface area contributed by atoms with Crippen LogP contribution in [0.4, 0.5) is 10.1 Å². The highest BCUT2D eigenvalue weighted by Crippen LogP contribution is 2.33. The Bertz CT molecular complexity index is 576. The van der Waals surface area contributed by atoms with Crippen molar-refractivity contribution < 1.29 is 8.91 Å². The van der Waals surface area contributed by atoms with E-state index in [4.69, 9.17) is 10.3 Å². The van der Waals surface area contributed by atoms with E-state index in [1.165, 1.54) is 37.5 Å². The van der Waals surface area contributed by atoms with Crippen LogP contribution in [-0.4, -0.2) is 10.1 Å². The first-order valence-corrected chi connectivity index (χ1v) is 6.63. The molecule has 1 aliphatic rings. The fourth-order valence-corrected chi connectivity index (χ4v) is 2.58. The zero-order valence-corrected chi connectivity index (χ0v) is 10.6. The highest BCUT2D eigenvalue weighted by molar-refractivity contribution is 5.70. The summed E-state index contributed by atoms with van der Waals surface area (Å²) in [4.78, 5) is 4.38. The van der Waals surface area contributed by atoms with E-state index < -0.39 is 0 Å². The molecular formula is C14H16FN3O. The first-order valence-electron chi connectivity index (χ1n) is 6.63. The Kier molecular flexibility index (Phi) is 3.19. The number of hydrogen-bond donors (Lipinski definition) is 1. The van der Waals surface area contributed by atoms with E-state index in [0.29, 0.717) is 23.1 Å². The molecule has 0 radical (unpaired) electrons. The molecular weight excluding hydrogens is 245 g/mol. The molecule has 0 spiro atoms. The highest BCUT2D eigenvalue weighted by atomic mass is 19.1. The summed E-state index contributed by atoms with van der Waals surface area (Å²) in [6.45, 7) is 0. The summed E-state index contributed by atoms with van der Waals surface area (Å²) >= 11 is 0. The summed E-state index contributed by atoms with van der Waals surface area (Å²) in [6.07, 6.45) is 5.88. The van der Waals surface area contributed by atoms with Crippen LogP contribution in [0.25, 0.3) is 11.5 Å². The standard InChI is InChI=1S/C14H16FN3O/c15-10-6-7-12(16)11(8-10)14-17-13(18-19-14)9-4-2-1-3-5-9/h6-9H,1-5,16H2. The Labute approximate surface area is 110 Å². The minimum absolute atomic E-state index is 0.303. The van der Waals surface area contributed by atoms with Crippen molar-refractivity contribution in [3.63, 3.8) is 0 Å². The number of rotatable bonds is 2. The number of halogens is 1. The zero-order chi connectivity index (χ0) is 13.2. The third kappa shape index (κ3) is 2.45. The summed E-state index contributed by atoms with van der Waals surface area (Å²) in [5, 5.41) is 4.02. The third-order valence-electron chi connectivity index (χ3n) is 3.66. The van der Waals surface area contributed by atoms with Crippen molar-refractivity contribution in [3.05, 3.63) is 29.8 Å². The van der Waals surface area contributed by atoms with Gasteiger partial charge in [0.1, 0.15) is 5.82 Å². The normalized spacial score (nSPS) is 16.7. The molecule has 1 heterocycles. The molecule has 1 aromatic carbocycles. The van der Waals surface area contributed by atoms with Gasteiger partial charge in [0.25, 0.3) is 5.89 Å². The number of benzene rings is 1. The topological polar surface area (TPSA) is 64.9 Å². The lowest BCUT2D eigenvalue weighted by atomic mass is 9.89. The lowest BCUT2D eigenvalue weighted by Gasteiger charge is -2.17. The number of aromatic nitrogens is 2. The third-order valence-corrected chi connectivity index (χ3v) is 3.66.